The highest BCUT2D eigenvalue weighted by atomic mass is 16.2. The van der Waals surface area contributed by atoms with Crippen LogP contribution in [0.2, 0.25) is 0 Å². The Morgan fingerprint density at radius 3 is 2.54 bits per heavy atom. The molecule has 194 valence electrons. The van der Waals surface area contributed by atoms with Gasteiger partial charge in [0, 0.05) is 57.6 Å². The Kier molecular flexibility index (Phi) is 8.09. The van der Waals surface area contributed by atoms with E-state index >= 15 is 0 Å². The second kappa shape index (κ2) is 10.9. The first-order valence-corrected chi connectivity index (χ1v) is 13.8. The summed E-state index contributed by atoms with van der Waals surface area (Å²) in [5.74, 6) is 1.44. The summed E-state index contributed by atoms with van der Waals surface area (Å²) < 4.78 is 0. The molecule has 1 N–H and O–H groups in total. The van der Waals surface area contributed by atoms with Gasteiger partial charge in [-0.25, -0.2) is 4.79 Å². The molecule has 6 nitrogen and oxygen atoms in total. The first-order chi connectivity index (χ1) is 16.7. The standard InChI is InChI=1S/C29H46N4O2/c1-21(2)15-27(34)32-18-24(26(19-32)23-11-7-6-8-12-23)17-30-25-13-9-10-14-29(16-25)20-31(5)28(35)33(29)22(3)4/h6-8,11-12,21-22,24-26,30H,9-10,13-20H2,1-5H3/t24-,25?,26+,29?/m0/s1. The molecule has 1 spiro atoms. The third-order valence-electron chi connectivity index (χ3n) is 8.44. The number of amides is 3. The maximum absolute atomic E-state index is 13.0. The van der Waals surface area contributed by atoms with Crippen molar-refractivity contribution < 1.29 is 9.59 Å². The minimum Gasteiger partial charge on any atom is -0.342 e. The van der Waals surface area contributed by atoms with E-state index in [0.29, 0.717) is 30.2 Å². The zero-order valence-corrected chi connectivity index (χ0v) is 22.5. The predicted octanol–water partition coefficient (Wildman–Crippen LogP) is 4.71. The molecule has 2 saturated heterocycles. The number of benzene rings is 1. The third-order valence-corrected chi connectivity index (χ3v) is 8.44. The quantitative estimate of drug-likeness (QED) is 0.612. The summed E-state index contributed by atoms with van der Waals surface area (Å²) >= 11 is 0. The average molecular weight is 483 g/mol. The molecule has 2 aliphatic heterocycles. The van der Waals surface area contributed by atoms with Crippen molar-refractivity contribution in [2.45, 2.75) is 89.8 Å². The third kappa shape index (κ3) is 5.68. The Balaban J connectivity index is 1.47. The summed E-state index contributed by atoms with van der Waals surface area (Å²) in [5.41, 5.74) is 1.27. The SMILES string of the molecule is CC(C)CC(=O)N1C[C@H](CNC2CCCCC3(C2)CN(C)C(=O)N3C(C)C)[C@@H](c2ccccc2)C1. The molecule has 2 heterocycles. The van der Waals surface area contributed by atoms with E-state index < -0.39 is 0 Å². The van der Waals surface area contributed by atoms with Crippen LogP contribution in [0.3, 0.4) is 0 Å². The lowest BCUT2D eigenvalue weighted by atomic mass is 9.86. The molecule has 0 bridgehead atoms. The Morgan fingerprint density at radius 1 is 1.11 bits per heavy atom. The van der Waals surface area contributed by atoms with Crippen molar-refractivity contribution in [1.82, 2.24) is 20.0 Å². The zero-order chi connectivity index (χ0) is 25.2. The lowest BCUT2D eigenvalue weighted by Crippen LogP contribution is -2.53. The maximum atomic E-state index is 13.0. The summed E-state index contributed by atoms with van der Waals surface area (Å²) in [6.07, 6.45) is 6.27. The number of carbonyl (C=O) groups excluding carboxylic acids is 2. The van der Waals surface area contributed by atoms with E-state index in [4.69, 9.17) is 0 Å². The van der Waals surface area contributed by atoms with Gasteiger partial charge in [-0.3, -0.25) is 4.79 Å². The van der Waals surface area contributed by atoms with Crippen LogP contribution in [0.15, 0.2) is 30.3 Å². The van der Waals surface area contributed by atoms with E-state index in [1.165, 1.54) is 18.4 Å². The lowest BCUT2D eigenvalue weighted by Gasteiger charge is -2.41. The first kappa shape index (κ1) is 26.0. The summed E-state index contributed by atoms with van der Waals surface area (Å²) in [7, 11) is 1.95. The molecule has 1 aromatic carbocycles. The Morgan fingerprint density at radius 2 is 1.86 bits per heavy atom. The molecule has 0 aromatic heterocycles. The van der Waals surface area contributed by atoms with Gasteiger partial charge in [0.1, 0.15) is 0 Å². The van der Waals surface area contributed by atoms with Crippen LogP contribution < -0.4 is 5.32 Å². The van der Waals surface area contributed by atoms with Gasteiger partial charge in [-0.2, -0.15) is 0 Å². The molecule has 4 rings (SSSR count). The Labute approximate surface area is 212 Å². The normalized spacial score (nSPS) is 29.6. The minimum absolute atomic E-state index is 0.0675. The summed E-state index contributed by atoms with van der Waals surface area (Å²) in [6.45, 7) is 11.9. The van der Waals surface area contributed by atoms with Gasteiger partial charge in [0.05, 0.1) is 5.54 Å². The number of urea groups is 1. The number of likely N-dealkylation sites (N-methyl/N-ethyl adjacent to an activating group) is 1. The van der Waals surface area contributed by atoms with Crippen LogP contribution in [0.5, 0.6) is 0 Å². The molecule has 1 aliphatic carbocycles. The predicted molar refractivity (Wildman–Crippen MR) is 141 cm³/mol. The van der Waals surface area contributed by atoms with Crippen molar-refractivity contribution in [1.29, 1.82) is 0 Å². The van der Waals surface area contributed by atoms with Crippen LogP contribution in [0.1, 0.15) is 77.7 Å². The minimum atomic E-state index is -0.0675. The molecule has 3 amide bonds. The van der Waals surface area contributed by atoms with Crippen LogP contribution >= 0.6 is 0 Å². The summed E-state index contributed by atoms with van der Waals surface area (Å²) in [4.78, 5) is 32.1. The van der Waals surface area contributed by atoms with E-state index in [1.807, 2.05) is 11.9 Å². The van der Waals surface area contributed by atoms with Gasteiger partial charge in [-0.05, 0) is 50.5 Å². The highest BCUT2D eigenvalue weighted by Crippen LogP contribution is 2.40. The van der Waals surface area contributed by atoms with Crippen LogP contribution in [-0.4, -0.2) is 77.5 Å². The van der Waals surface area contributed by atoms with Crippen LogP contribution in [0.4, 0.5) is 4.79 Å². The summed E-state index contributed by atoms with van der Waals surface area (Å²) in [6, 6.07) is 11.5. The molecule has 2 unspecified atom stereocenters. The van der Waals surface area contributed by atoms with E-state index in [2.05, 4.69) is 73.1 Å². The molecule has 0 radical (unpaired) electrons. The van der Waals surface area contributed by atoms with Gasteiger partial charge in [0.15, 0.2) is 0 Å². The molecule has 3 aliphatic rings. The van der Waals surface area contributed by atoms with E-state index in [1.54, 1.807) is 0 Å². The van der Waals surface area contributed by atoms with E-state index in [9.17, 15) is 9.59 Å². The fourth-order valence-corrected chi connectivity index (χ4v) is 6.94. The van der Waals surface area contributed by atoms with E-state index in [-0.39, 0.29) is 23.5 Å². The van der Waals surface area contributed by atoms with Crippen molar-refractivity contribution in [3.63, 3.8) is 0 Å². The smallest absolute Gasteiger partial charge is 0.320 e. The van der Waals surface area contributed by atoms with Crippen molar-refractivity contribution >= 4 is 11.9 Å². The number of nitrogens with one attached hydrogen (secondary N) is 1. The van der Waals surface area contributed by atoms with Crippen LogP contribution in [0.25, 0.3) is 0 Å². The van der Waals surface area contributed by atoms with Gasteiger partial charge >= 0.3 is 6.03 Å². The fraction of sp³-hybridized carbons (Fsp3) is 0.724. The van der Waals surface area contributed by atoms with Gasteiger partial charge in [-0.1, -0.05) is 57.0 Å². The lowest BCUT2D eigenvalue weighted by molar-refractivity contribution is -0.131. The molecule has 1 aromatic rings. The van der Waals surface area contributed by atoms with Crippen molar-refractivity contribution in [2.75, 3.05) is 33.2 Å². The number of hydrogen-bond acceptors (Lipinski definition) is 3. The van der Waals surface area contributed by atoms with Crippen molar-refractivity contribution in [2.24, 2.45) is 11.8 Å². The van der Waals surface area contributed by atoms with Gasteiger partial charge < -0.3 is 20.0 Å². The molecule has 3 fully saturated rings. The topological polar surface area (TPSA) is 55.9 Å². The van der Waals surface area contributed by atoms with Crippen LogP contribution in [-0.2, 0) is 4.79 Å². The highest BCUT2D eigenvalue weighted by Gasteiger charge is 2.50. The largest absolute Gasteiger partial charge is 0.342 e. The first-order valence-electron chi connectivity index (χ1n) is 13.8. The highest BCUT2D eigenvalue weighted by molar-refractivity contribution is 5.78. The van der Waals surface area contributed by atoms with Gasteiger partial charge in [-0.15, -0.1) is 0 Å². The van der Waals surface area contributed by atoms with Crippen molar-refractivity contribution in [3.05, 3.63) is 35.9 Å². The Bertz CT molecular complexity index is 873. The summed E-state index contributed by atoms with van der Waals surface area (Å²) in [5, 5.41) is 3.95. The Hall–Kier alpha value is -2.08. The molecular weight excluding hydrogens is 436 g/mol. The second-order valence-electron chi connectivity index (χ2n) is 12.1. The molecule has 35 heavy (non-hydrogen) atoms. The fourth-order valence-electron chi connectivity index (χ4n) is 6.94. The molecule has 4 atom stereocenters. The van der Waals surface area contributed by atoms with Crippen molar-refractivity contribution in [3.8, 4) is 0 Å². The van der Waals surface area contributed by atoms with Crippen LogP contribution in [0, 0.1) is 11.8 Å². The number of rotatable bonds is 7. The maximum Gasteiger partial charge on any atom is 0.320 e. The van der Waals surface area contributed by atoms with Gasteiger partial charge in [0.25, 0.3) is 0 Å². The monoisotopic (exact) mass is 482 g/mol. The molecule has 6 heteroatoms. The number of likely N-dealkylation sites (tertiary alicyclic amines) is 1. The van der Waals surface area contributed by atoms with Gasteiger partial charge in [0.2, 0.25) is 5.91 Å². The second-order valence-corrected chi connectivity index (χ2v) is 12.1. The molecule has 1 saturated carbocycles. The number of nitrogens with zero attached hydrogens (tertiary/aromatic N) is 3. The van der Waals surface area contributed by atoms with E-state index in [0.717, 1.165) is 45.4 Å². The zero-order valence-electron chi connectivity index (χ0n) is 22.5. The molecular formula is C29H46N4O2. The number of carbonyl (C=O) groups is 2. The average Bonchev–Trinajstić information content (AvgIpc) is 3.26. The number of hydrogen-bond donors (Lipinski definition) is 1.